The number of hydrogen-bond acceptors (Lipinski definition) is 11. The third-order valence-corrected chi connectivity index (χ3v) is 7.49. The van der Waals surface area contributed by atoms with Crippen LogP contribution in [0.1, 0.15) is 40.8 Å². The number of aliphatic hydroxyl groups excluding tert-OH is 1. The number of para-hydroxylation sites is 1. The van der Waals surface area contributed by atoms with Crippen molar-refractivity contribution in [3.05, 3.63) is 63.5 Å². The minimum absolute atomic E-state index is 0.0367. The third-order valence-electron chi connectivity index (χ3n) is 5.85. The van der Waals surface area contributed by atoms with Crippen LogP contribution in [0.5, 0.6) is 5.75 Å². The van der Waals surface area contributed by atoms with Crippen LogP contribution in [0.15, 0.2) is 52.5 Å². The summed E-state index contributed by atoms with van der Waals surface area (Å²) < 4.78 is 37.3. The standard InChI is InChI=1S/C24H34N7O8P/c1-15(20(33)36-14-23(2,3)4)28-40(35,39-16-9-7-6-8-10-16)37-13-17-19(32)24(5,29-30-26)21(38-17)31-12-11-18(25)27-22(31)34/h6-12,15,17,19,21,32H,13-14H2,1-5H3,(H,28,35)(H2,25,27,34)/t15-,17+,19+,21+,24+,40?/m0/s1. The molecule has 0 amide bonds. The van der Waals surface area contributed by atoms with Crippen LogP contribution in [-0.4, -0.2) is 57.6 Å². The fraction of sp³-hybridized carbons (Fsp3) is 0.542. The quantitative estimate of drug-likeness (QED) is 0.116. The number of aliphatic hydroxyl groups is 1. The number of ether oxygens (including phenoxy) is 2. The molecule has 0 radical (unpaired) electrons. The minimum atomic E-state index is -4.30. The molecule has 40 heavy (non-hydrogen) atoms. The highest BCUT2D eigenvalue weighted by Crippen LogP contribution is 2.47. The number of rotatable bonds is 11. The van der Waals surface area contributed by atoms with Gasteiger partial charge in [-0.3, -0.25) is 13.9 Å². The number of nitrogens with one attached hydrogen (secondary N) is 1. The van der Waals surface area contributed by atoms with E-state index in [9.17, 15) is 19.3 Å². The van der Waals surface area contributed by atoms with E-state index in [0.717, 1.165) is 4.57 Å². The number of hydrogen-bond donors (Lipinski definition) is 3. The number of nitrogen functional groups attached to an aromatic ring is 1. The first kappa shape index (κ1) is 31.1. The highest BCUT2D eigenvalue weighted by Gasteiger charge is 2.55. The maximum atomic E-state index is 13.8. The zero-order chi connectivity index (χ0) is 29.7. The van der Waals surface area contributed by atoms with Gasteiger partial charge in [-0.05, 0) is 43.0 Å². The van der Waals surface area contributed by atoms with Crippen molar-refractivity contribution >= 4 is 19.5 Å². The van der Waals surface area contributed by atoms with Crippen LogP contribution in [0.2, 0.25) is 0 Å². The van der Waals surface area contributed by atoms with E-state index in [1.807, 2.05) is 20.8 Å². The fourth-order valence-electron chi connectivity index (χ4n) is 3.77. The van der Waals surface area contributed by atoms with Crippen LogP contribution in [0.3, 0.4) is 0 Å². The molecule has 218 valence electrons. The van der Waals surface area contributed by atoms with Crippen molar-refractivity contribution in [1.29, 1.82) is 0 Å². The summed E-state index contributed by atoms with van der Waals surface area (Å²) in [5.41, 5.74) is 11.9. The van der Waals surface area contributed by atoms with E-state index >= 15 is 0 Å². The van der Waals surface area contributed by atoms with Crippen molar-refractivity contribution in [2.45, 2.75) is 64.6 Å². The molecule has 6 atom stereocenters. The van der Waals surface area contributed by atoms with Crippen molar-refractivity contribution in [3.63, 3.8) is 0 Å². The molecule has 0 aliphatic carbocycles. The first-order valence-corrected chi connectivity index (χ1v) is 13.9. The molecule has 1 aliphatic rings. The molecule has 1 unspecified atom stereocenters. The Morgan fingerprint density at radius 1 is 1.38 bits per heavy atom. The number of esters is 1. The molecule has 2 aromatic rings. The lowest BCUT2D eigenvalue weighted by molar-refractivity contribution is -0.148. The van der Waals surface area contributed by atoms with Gasteiger partial charge in [0.05, 0.1) is 19.3 Å². The molecule has 3 rings (SSSR count). The Bertz CT molecular complexity index is 1340. The molecule has 1 aromatic carbocycles. The van der Waals surface area contributed by atoms with Crippen LogP contribution < -0.4 is 21.0 Å². The van der Waals surface area contributed by atoms with Gasteiger partial charge in [0.1, 0.15) is 29.3 Å². The van der Waals surface area contributed by atoms with Crippen molar-refractivity contribution in [2.75, 3.05) is 18.9 Å². The summed E-state index contributed by atoms with van der Waals surface area (Å²) in [6.07, 6.45) is -2.78. The van der Waals surface area contributed by atoms with Crippen molar-refractivity contribution in [2.24, 2.45) is 10.5 Å². The molecule has 2 heterocycles. The molecule has 4 N–H and O–H groups in total. The first-order valence-electron chi connectivity index (χ1n) is 12.4. The van der Waals surface area contributed by atoms with Crippen molar-refractivity contribution < 1.29 is 33.0 Å². The SMILES string of the molecule is C[C@H](NP(=O)(OC[C@H]1O[C@@H](n2ccc(N)nc2=O)[C@](C)(N=[N+]=[N-])[C@@H]1O)Oc1ccccc1)C(=O)OCC(C)(C)C. The topological polar surface area (TPSA) is 213 Å². The van der Waals surface area contributed by atoms with Gasteiger partial charge in [0.25, 0.3) is 0 Å². The van der Waals surface area contributed by atoms with E-state index in [4.69, 9.17) is 29.8 Å². The van der Waals surface area contributed by atoms with Gasteiger partial charge in [-0.2, -0.15) is 10.1 Å². The Morgan fingerprint density at radius 2 is 2.05 bits per heavy atom. The van der Waals surface area contributed by atoms with E-state index < -0.39 is 56.0 Å². The summed E-state index contributed by atoms with van der Waals surface area (Å²) in [7, 11) is -4.30. The molecule has 1 saturated heterocycles. The summed E-state index contributed by atoms with van der Waals surface area (Å²) in [6.45, 7) is 8.08. The Labute approximate surface area is 230 Å². The van der Waals surface area contributed by atoms with E-state index in [2.05, 4.69) is 20.1 Å². The van der Waals surface area contributed by atoms with E-state index in [1.54, 1.807) is 18.2 Å². The summed E-state index contributed by atoms with van der Waals surface area (Å²) in [5, 5.41) is 17.3. The van der Waals surface area contributed by atoms with Crippen LogP contribution in [-0.2, 0) is 23.4 Å². The molecule has 0 spiro atoms. The smallest absolute Gasteiger partial charge is 0.459 e. The van der Waals surface area contributed by atoms with Gasteiger partial charge in [-0.15, -0.1) is 0 Å². The largest absolute Gasteiger partial charge is 0.464 e. The van der Waals surface area contributed by atoms with Crippen molar-refractivity contribution in [3.8, 4) is 5.75 Å². The highest BCUT2D eigenvalue weighted by atomic mass is 31.2. The maximum Gasteiger partial charge on any atom is 0.459 e. The number of azide groups is 1. The lowest BCUT2D eigenvalue weighted by atomic mass is 9.93. The fourth-order valence-corrected chi connectivity index (χ4v) is 5.27. The van der Waals surface area contributed by atoms with Gasteiger partial charge in [0, 0.05) is 11.1 Å². The monoisotopic (exact) mass is 579 g/mol. The molecule has 16 heteroatoms. The minimum Gasteiger partial charge on any atom is -0.464 e. The van der Waals surface area contributed by atoms with Gasteiger partial charge in [0.15, 0.2) is 6.23 Å². The Kier molecular flexibility index (Phi) is 9.62. The average Bonchev–Trinajstić information content (AvgIpc) is 3.11. The summed E-state index contributed by atoms with van der Waals surface area (Å²) in [4.78, 5) is 31.5. The summed E-state index contributed by atoms with van der Waals surface area (Å²) >= 11 is 0. The Hall–Kier alpha value is -3.45. The molecular weight excluding hydrogens is 545 g/mol. The molecule has 0 bridgehead atoms. The van der Waals surface area contributed by atoms with Crippen LogP contribution in [0.4, 0.5) is 5.82 Å². The van der Waals surface area contributed by atoms with Crippen LogP contribution >= 0.6 is 7.75 Å². The van der Waals surface area contributed by atoms with Gasteiger partial charge in [-0.25, -0.2) is 9.36 Å². The predicted molar refractivity (Wildman–Crippen MR) is 144 cm³/mol. The molecular formula is C24H34N7O8P. The molecule has 1 fully saturated rings. The highest BCUT2D eigenvalue weighted by molar-refractivity contribution is 7.52. The number of aromatic nitrogens is 2. The summed E-state index contributed by atoms with van der Waals surface area (Å²) in [5.74, 6) is -0.540. The number of carbonyl (C=O) groups is 1. The third kappa shape index (κ3) is 7.60. The van der Waals surface area contributed by atoms with Crippen LogP contribution in [0, 0.1) is 5.41 Å². The number of benzene rings is 1. The maximum absolute atomic E-state index is 13.8. The molecule has 15 nitrogen and oxygen atoms in total. The van der Waals surface area contributed by atoms with Gasteiger partial charge in [-0.1, -0.05) is 44.1 Å². The molecule has 1 aliphatic heterocycles. The number of nitrogens with zero attached hydrogens (tertiary/aromatic N) is 5. The van der Waals surface area contributed by atoms with E-state index in [1.165, 1.54) is 38.2 Å². The Morgan fingerprint density at radius 3 is 2.65 bits per heavy atom. The normalized spacial score (nSPS) is 24.9. The number of nitrogens with two attached hydrogens (primary N) is 1. The number of anilines is 1. The zero-order valence-corrected chi connectivity index (χ0v) is 23.7. The lowest BCUT2D eigenvalue weighted by Gasteiger charge is -2.28. The van der Waals surface area contributed by atoms with Gasteiger partial charge < -0.3 is 24.8 Å². The van der Waals surface area contributed by atoms with Crippen molar-refractivity contribution in [1.82, 2.24) is 14.6 Å². The zero-order valence-electron chi connectivity index (χ0n) is 22.8. The lowest BCUT2D eigenvalue weighted by Crippen LogP contribution is -2.45. The molecule has 0 saturated carbocycles. The van der Waals surface area contributed by atoms with E-state index in [-0.39, 0.29) is 23.6 Å². The van der Waals surface area contributed by atoms with E-state index in [0.29, 0.717) is 0 Å². The van der Waals surface area contributed by atoms with Gasteiger partial charge in [0.2, 0.25) is 0 Å². The van der Waals surface area contributed by atoms with Crippen LogP contribution in [0.25, 0.3) is 10.4 Å². The van der Waals surface area contributed by atoms with Gasteiger partial charge >= 0.3 is 19.4 Å². The second-order valence-corrected chi connectivity index (χ2v) is 12.3. The second kappa shape index (κ2) is 12.4. The second-order valence-electron chi connectivity index (χ2n) is 10.6. The summed E-state index contributed by atoms with van der Waals surface area (Å²) in [6, 6.07) is 8.34. The number of carbonyl (C=O) groups excluding carboxylic acids is 1. The average molecular weight is 580 g/mol. The first-order chi connectivity index (χ1) is 18.7. The molecule has 1 aromatic heterocycles. The Balaban J connectivity index is 1.84. The predicted octanol–water partition coefficient (Wildman–Crippen LogP) is 2.92.